The molecule has 0 bridgehead atoms. The molecule has 6 nitrogen and oxygen atoms in total. The lowest BCUT2D eigenvalue weighted by Crippen LogP contribution is -2.25. The second kappa shape index (κ2) is 9.73. The highest BCUT2D eigenvalue weighted by Gasteiger charge is 2.39. The number of hydrogen-bond acceptors (Lipinski definition) is 3. The van der Waals surface area contributed by atoms with Crippen molar-refractivity contribution in [3.8, 4) is 0 Å². The van der Waals surface area contributed by atoms with E-state index in [0.29, 0.717) is 17.7 Å². The first kappa shape index (κ1) is 24.2. The van der Waals surface area contributed by atoms with E-state index in [1.807, 2.05) is 25.3 Å². The van der Waals surface area contributed by atoms with Gasteiger partial charge in [-0.1, -0.05) is 36.4 Å². The topological polar surface area (TPSA) is 64.7 Å². The summed E-state index contributed by atoms with van der Waals surface area (Å²) in [7, 11) is 0. The highest BCUT2D eigenvalue weighted by Crippen LogP contribution is 2.31. The lowest BCUT2D eigenvalue weighted by molar-refractivity contribution is -0.141. The highest BCUT2D eigenvalue weighted by molar-refractivity contribution is 5.95. The molecule has 10 heteroatoms. The molecule has 0 fully saturated rings. The van der Waals surface area contributed by atoms with Crippen LogP contribution in [0.1, 0.15) is 43.9 Å². The SMILES string of the molecule is Cc1cnn(Cc2ccc(Cn3cc(C(=O)NCc4cccc(F)c4C)c(C(F)(F)F)n3)cc2)c1. The van der Waals surface area contributed by atoms with Crippen LogP contribution in [0.2, 0.25) is 0 Å². The molecule has 0 spiro atoms. The average Bonchev–Trinajstić information content (AvgIpc) is 3.42. The van der Waals surface area contributed by atoms with E-state index in [1.165, 1.54) is 19.1 Å². The van der Waals surface area contributed by atoms with Gasteiger partial charge in [0.05, 0.1) is 24.8 Å². The van der Waals surface area contributed by atoms with Crippen molar-refractivity contribution in [2.75, 3.05) is 0 Å². The maximum Gasteiger partial charge on any atom is 0.435 e. The summed E-state index contributed by atoms with van der Waals surface area (Å²) in [4.78, 5) is 12.6. The number of aryl methyl sites for hydroxylation is 1. The summed E-state index contributed by atoms with van der Waals surface area (Å²) in [5.74, 6) is -1.39. The summed E-state index contributed by atoms with van der Waals surface area (Å²) in [6.45, 7) is 4.01. The van der Waals surface area contributed by atoms with Crippen LogP contribution in [-0.2, 0) is 25.8 Å². The van der Waals surface area contributed by atoms with E-state index in [1.54, 1.807) is 29.1 Å². The predicted molar refractivity (Wildman–Crippen MR) is 121 cm³/mol. The summed E-state index contributed by atoms with van der Waals surface area (Å²) < 4.78 is 57.4. The fraction of sp³-hybridized carbons (Fsp3) is 0.240. The number of rotatable bonds is 7. The van der Waals surface area contributed by atoms with Gasteiger partial charge in [0.25, 0.3) is 5.91 Å². The smallest absolute Gasteiger partial charge is 0.348 e. The molecule has 0 aliphatic heterocycles. The van der Waals surface area contributed by atoms with Gasteiger partial charge in [-0.05, 0) is 47.7 Å². The van der Waals surface area contributed by atoms with Gasteiger partial charge in [-0.2, -0.15) is 23.4 Å². The van der Waals surface area contributed by atoms with Crippen LogP contribution in [0.3, 0.4) is 0 Å². The second-order valence-electron chi connectivity index (χ2n) is 8.33. The molecule has 182 valence electrons. The molecule has 1 amide bonds. The minimum atomic E-state index is -4.81. The van der Waals surface area contributed by atoms with Crippen molar-refractivity contribution >= 4 is 5.91 Å². The molecule has 0 radical (unpaired) electrons. The van der Waals surface area contributed by atoms with Gasteiger partial charge in [0.15, 0.2) is 5.69 Å². The molecule has 4 aromatic rings. The van der Waals surface area contributed by atoms with Gasteiger partial charge >= 0.3 is 6.18 Å². The number of carbonyl (C=O) groups excluding carboxylic acids is 1. The van der Waals surface area contributed by atoms with Gasteiger partial charge in [0, 0.05) is 18.9 Å². The Morgan fingerprint density at radius 3 is 2.23 bits per heavy atom. The first-order chi connectivity index (χ1) is 16.6. The first-order valence-corrected chi connectivity index (χ1v) is 10.8. The molecule has 2 aromatic carbocycles. The number of carbonyl (C=O) groups is 1. The third kappa shape index (κ3) is 5.76. The highest BCUT2D eigenvalue weighted by atomic mass is 19.4. The third-order valence-corrected chi connectivity index (χ3v) is 5.57. The molecule has 1 N–H and O–H groups in total. The molecule has 4 rings (SSSR count). The zero-order valence-electron chi connectivity index (χ0n) is 19.1. The summed E-state index contributed by atoms with van der Waals surface area (Å²) in [5.41, 5.74) is 1.71. The molecule has 2 aromatic heterocycles. The molecular formula is C25H23F4N5O. The number of amides is 1. The molecule has 0 saturated carbocycles. The van der Waals surface area contributed by atoms with Crippen molar-refractivity contribution in [2.24, 2.45) is 0 Å². The molecule has 0 saturated heterocycles. The Kier molecular flexibility index (Phi) is 6.72. The van der Waals surface area contributed by atoms with E-state index in [0.717, 1.165) is 27.6 Å². The molecule has 0 atom stereocenters. The Labute approximate surface area is 199 Å². The third-order valence-electron chi connectivity index (χ3n) is 5.57. The van der Waals surface area contributed by atoms with Crippen LogP contribution in [0.25, 0.3) is 0 Å². The number of halogens is 4. The first-order valence-electron chi connectivity index (χ1n) is 10.8. The molecular weight excluding hydrogens is 462 g/mol. The van der Waals surface area contributed by atoms with Crippen LogP contribution in [0.5, 0.6) is 0 Å². The largest absolute Gasteiger partial charge is 0.435 e. The van der Waals surface area contributed by atoms with Crippen molar-refractivity contribution in [3.05, 3.63) is 106 Å². The number of hydrogen-bond donors (Lipinski definition) is 1. The normalized spacial score (nSPS) is 11.6. The molecule has 35 heavy (non-hydrogen) atoms. The fourth-order valence-electron chi connectivity index (χ4n) is 3.67. The maximum absolute atomic E-state index is 13.7. The zero-order chi connectivity index (χ0) is 25.2. The van der Waals surface area contributed by atoms with Crippen LogP contribution in [-0.4, -0.2) is 25.5 Å². The van der Waals surface area contributed by atoms with Crippen molar-refractivity contribution in [2.45, 2.75) is 39.7 Å². The quantitative estimate of drug-likeness (QED) is 0.380. The zero-order valence-corrected chi connectivity index (χ0v) is 19.1. The number of nitrogens with one attached hydrogen (secondary N) is 1. The van der Waals surface area contributed by atoms with Gasteiger partial charge in [-0.15, -0.1) is 0 Å². The Morgan fingerprint density at radius 1 is 0.971 bits per heavy atom. The summed E-state index contributed by atoms with van der Waals surface area (Å²) in [6.07, 6.45) is -0.0503. The van der Waals surface area contributed by atoms with Gasteiger partial charge in [0.2, 0.25) is 0 Å². The van der Waals surface area contributed by atoms with Crippen LogP contribution in [0.15, 0.2) is 61.1 Å². The lowest BCUT2D eigenvalue weighted by Gasteiger charge is -2.09. The summed E-state index contributed by atoms with van der Waals surface area (Å²) >= 11 is 0. The van der Waals surface area contributed by atoms with Gasteiger partial charge in [-0.3, -0.25) is 14.2 Å². The predicted octanol–water partition coefficient (Wildman–Crippen LogP) is 4.88. The monoisotopic (exact) mass is 485 g/mol. The van der Waals surface area contributed by atoms with Crippen LogP contribution in [0, 0.1) is 19.7 Å². The molecule has 0 aliphatic carbocycles. The van der Waals surface area contributed by atoms with Gasteiger partial charge < -0.3 is 5.32 Å². The van der Waals surface area contributed by atoms with E-state index in [2.05, 4.69) is 15.5 Å². The maximum atomic E-state index is 13.7. The number of aromatic nitrogens is 4. The number of nitrogens with zero attached hydrogens (tertiary/aromatic N) is 4. The lowest BCUT2D eigenvalue weighted by atomic mass is 10.1. The Balaban J connectivity index is 1.48. The van der Waals surface area contributed by atoms with Crippen molar-refractivity contribution in [1.29, 1.82) is 0 Å². The summed E-state index contributed by atoms with van der Waals surface area (Å²) in [6, 6.07) is 11.7. The van der Waals surface area contributed by atoms with Gasteiger partial charge in [-0.25, -0.2) is 4.39 Å². The van der Waals surface area contributed by atoms with E-state index in [9.17, 15) is 22.4 Å². The standard InChI is InChI=1S/C25H23F4N5O/c1-16-10-31-33(12-16)13-18-6-8-19(9-7-18)14-34-15-21(23(32-34)25(27,28)29)24(35)30-11-20-4-3-5-22(26)17(20)2/h3-10,12,15H,11,13-14H2,1-2H3,(H,30,35). The fourth-order valence-corrected chi connectivity index (χ4v) is 3.67. The number of alkyl halides is 3. The van der Waals surface area contributed by atoms with Crippen molar-refractivity contribution in [1.82, 2.24) is 24.9 Å². The van der Waals surface area contributed by atoms with Crippen molar-refractivity contribution in [3.63, 3.8) is 0 Å². The van der Waals surface area contributed by atoms with Crippen LogP contribution >= 0.6 is 0 Å². The van der Waals surface area contributed by atoms with Crippen LogP contribution < -0.4 is 5.32 Å². The van der Waals surface area contributed by atoms with Crippen LogP contribution in [0.4, 0.5) is 17.6 Å². The van der Waals surface area contributed by atoms with E-state index in [-0.39, 0.29) is 13.1 Å². The minimum Gasteiger partial charge on any atom is -0.348 e. The molecule has 0 unspecified atom stereocenters. The number of benzene rings is 2. The van der Waals surface area contributed by atoms with Gasteiger partial charge in [0.1, 0.15) is 5.82 Å². The Hall–Kier alpha value is -3.95. The molecule has 0 aliphatic rings. The van der Waals surface area contributed by atoms with E-state index >= 15 is 0 Å². The Morgan fingerprint density at radius 2 is 1.63 bits per heavy atom. The average molecular weight is 485 g/mol. The second-order valence-corrected chi connectivity index (χ2v) is 8.33. The molecule has 2 heterocycles. The summed E-state index contributed by atoms with van der Waals surface area (Å²) in [5, 5.41) is 10.3. The van der Waals surface area contributed by atoms with Crippen molar-refractivity contribution < 1.29 is 22.4 Å². The van der Waals surface area contributed by atoms with E-state index < -0.39 is 29.2 Å². The Bertz CT molecular complexity index is 1340. The van der Waals surface area contributed by atoms with E-state index in [4.69, 9.17) is 0 Å². The minimum absolute atomic E-state index is 0.0561.